The van der Waals surface area contributed by atoms with Crippen LogP contribution < -0.4 is 5.32 Å². The van der Waals surface area contributed by atoms with Gasteiger partial charge in [-0.1, -0.05) is 36.0 Å². The molecule has 0 bridgehead atoms. The van der Waals surface area contributed by atoms with Crippen LogP contribution in [-0.4, -0.2) is 83.5 Å². The summed E-state index contributed by atoms with van der Waals surface area (Å²) in [6.45, 7) is 1.58. The minimum atomic E-state index is -3.88. The van der Waals surface area contributed by atoms with Gasteiger partial charge in [-0.2, -0.15) is 0 Å². The summed E-state index contributed by atoms with van der Waals surface area (Å²) in [5, 5.41) is 41.7. The van der Waals surface area contributed by atoms with E-state index in [1.807, 2.05) is 0 Å². The molecular formula is C24H31FN6O4S. The summed E-state index contributed by atoms with van der Waals surface area (Å²) in [6, 6.07) is 0.179. The summed E-state index contributed by atoms with van der Waals surface area (Å²) >= 11 is 0.552. The van der Waals surface area contributed by atoms with Crippen LogP contribution in [-0.2, 0) is 4.74 Å². The average Bonchev–Trinajstić information content (AvgIpc) is 3.39. The SMILES string of the molecule is [2H]C([2H])(CC)Sc1nc(N[C@@H]2C[C@@]2([2H])c2ccc(C)c(F)c2)c2nnn([C@]3([2H])C([2H])([2H])[C@]([2H])(OCCO)[C@@]([2H])(O)[C@@]3([2H])O)c2n1. The molecule has 0 aliphatic heterocycles. The number of halogens is 1. The van der Waals surface area contributed by atoms with Gasteiger partial charge in [0.1, 0.15) is 18.0 Å². The van der Waals surface area contributed by atoms with Gasteiger partial charge in [-0.3, -0.25) is 0 Å². The van der Waals surface area contributed by atoms with Crippen LogP contribution in [0.2, 0.25) is 0 Å². The van der Waals surface area contributed by atoms with Gasteiger partial charge in [-0.25, -0.2) is 19.0 Å². The van der Waals surface area contributed by atoms with Crippen LogP contribution >= 0.6 is 11.8 Å². The molecule has 0 unspecified atom stereocenters. The maximum atomic E-state index is 14.3. The number of aromatic nitrogens is 5. The van der Waals surface area contributed by atoms with Gasteiger partial charge in [0, 0.05) is 30.9 Å². The average molecular weight is 528 g/mol. The molecule has 36 heavy (non-hydrogen) atoms. The van der Waals surface area contributed by atoms with Crippen molar-refractivity contribution in [2.24, 2.45) is 0 Å². The molecule has 1 aromatic carbocycles. The maximum absolute atomic E-state index is 14.3. The zero-order valence-electron chi connectivity index (χ0n) is 28.4. The fourth-order valence-corrected chi connectivity index (χ4v) is 4.20. The van der Waals surface area contributed by atoms with E-state index >= 15 is 0 Å². The van der Waals surface area contributed by atoms with Crippen LogP contribution in [0.5, 0.6) is 0 Å². The maximum Gasteiger partial charge on any atom is 0.191 e. The quantitative estimate of drug-likeness (QED) is 0.229. The highest BCUT2D eigenvalue weighted by atomic mass is 32.2. The molecule has 12 heteroatoms. The number of aryl methyl sites for hydroxylation is 1. The molecule has 0 saturated heterocycles. The predicted molar refractivity (Wildman–Crippen MR) is 133 cm³/mol. The van der Waals surface area contributed by atoms with Gasteiger partial charge in [-0.15, -0.1) is 5.10 Å². The molecule has 6 atom stereocenters. The molecule has 0 radical (unpaired) electrons. The minimum absolute atomic E-state index is 0.00359. The Morgan fingerprint density at radius 1 is 1.36 bits per heavy atom. The molecule has 194 valence electrons. The highest BCUT2D eigenvalue weighted by molar-refractivity contribution is 7.99. The molecule has 2 aromatic heterocycles. The number of rotatable bonds is 10. The summed E-state index contributed by atoms with van der Waals surface area (Å²) in [5.41, 5.74) is -1.95. The molecule has 2 aliphatic carbocycles. The number of aliphatic hydroxyl groups is 3. The Bertz CT molecular complexity index is 1650. The summed E-state index contributed by atoms with van der Waals surface area (Å²) < 4.78 is 96.6. The van der Waals surface area contributed by atoms with Crippen molar-refractivity contribution in [2.75, 3.05) is 24.2 Å². The Morgan fingerprint density at radius 2 is 2.19 bits per heavy atom. The van der Waals surface area contributed by atoms with Crippen molar-refractivity contribution >= 4 is 28.7 Å². The van der Waals surface area contributed by atoms with Gasteiger partial charge in [0.05, 0.1) is 30.8 Å². The number of nitrogens with one attached hydrogen (secondary N) is 1. The Kier molecular flexibility index (Phi) is 4.82. The molecule has 2 saturated carbocycles. The van der Waals surface area contributed by atoms with Crippen molar-refractivity contribution in [1.29, 1.82) is 0 Å². The van der Waals surface area contributed by atoms with Crippen LogP contribution in [0.25, 0.3) is 11.2 Å². The Labute approximate surface area is 224 Å². The topological polar surface area (TPSA) is 138 Å². The minimum Gasteiger partial charge on any atom is -0.394 e. The largest absolute Gasteiger partial charge is 0.394 e. The van der Waals surface area contributed by atoms with Crippen LogP contribution in [0.4, 0.5) is 10.2 Å². The Hall–Kier alpha value is -2.38. The highest BCUT2D eigenvalue weighted by Gasteiger charge is 2.45. The molecule has 0 spiro atoms. The summed E-state index contributed by atoms with van der Waals surface area (Å²) in [7, 11) is 0. The first-order chi connectivity index (χ1) is 20.6. The number of hydrogen-bond donors (Lipinski definition) is 4. The van der Waals surface area contributed by atoms with E-state index in [1.165, 1.54) is 6.07 Å². The normalized spacial score (nSPS) is 43.3. The van der Waals surface area contributed by atoms with Gasteiger partial charge in [-0.05, 0) is 37.0 Å². The molecule has 3 aromatic rings. The molecule has 2 fully saturated rings. The molecule has 0 amide bonds. The first-order valence-electron chi connectivity index (χ1n) is 15.7. The predicted octanol–water partition coefficient (Wildman–Crippen LogP) is 2.18. The standard InChI is InChI=1S/C24H31FN6O4S/c1-3-8-36-24-27-22(26-16-10-14(16)13-5-4-12(2)15(25)9-13)19-23(28-24)31(30-29-19)17-11-18(35-7-6-32)21(34)20(17)33/h4-5,9,14,16-18,20-21,32-34H,3,6-8,10-11H2,1-2H3,(H,26,27,28)/t14-,16+,17+,18-,20-,21+/m0/s1/i8D2,11D2,14D,17D,18D,20D,21D. The second kappa shape index (κ2) is 10.5. The van der Waals surface area contributed by atoms with Crippen molar-refractivity contribution in [2.45, 2.75) is 74.4 Å². The molecule has 2 heterocycles. The first-order valence-corrected chi connectivity index (χ1v) is 12.0. The summed E-state index contributed by atoms with van der Waals surface area (Å²) in [5.74, 6) is -1.93. The van der Waals surface area contributed by atoms with Gasteiger partial charge in [0.15, 0.2) is 22.1 Å². The number of thioether (sulfide) groups is 1. The van der Waals surface area contributed by atoms with E-state index in [9.17, 15) is 19.7 Å². The first kappa shape index (κ1) is 16.5. The van der Waals surface area contributed by atoms with Gasteiger partial charge < -0.3 is 25.4 Å². The molecule has 10 nitrogen and oxygen atoms in total. The third kappa shape index (κ3) is 4.92. The van der Waals surface area contributed by atoms with Crippen molar-refractivity contribution in [1.82, 2.24) is 25.0 Å². The number of benzene rings is 1. The molecular weight excluding hydrogens is 487 g/mol. The van der Waals surface area contributed by atoms with E-state index in [-0.39, 0.29) is 29.3 Å². The third-order valence-corrected chi connectivity index (χ3v) is 6.37. The molecule has 2 aliphatic rings. The number of nitrogens with zero attached hydrogens (tertiary/aromatic N) is 5. The molecule has 5 rings (SSSR count). The van der Waals surface area contributed by atoms with E-state index in [0.717, 1.165) is 0 Å². The summed E-state index contributed by atoms with van der Waals surface area (Å²) in [6.07, 6.45) is -14.7. The van der Waals surface area contributed by atoms with E-state index < -0.39 is 72.9 Å². The van der Waals surface area contributed by atoms with Crippen molar-refractivity contribution in [3.05, 3.63) is 35.1 Å². The number of fused-ring (bicyclic) bond motifs is 1. The highest BCUT2D eigenvalue weighted by Crippen LogP contribution is 2.44. The third-order valence-electron chi connectivity index (χ3n) is 5.57. The zero-order chi connectivity index (χ0) is 33.6. The fourth-order valence-electron chi connectivity index (χ4n) is 3.66. The van der Waals surface area contributed by atoms with Crippen LogP contribution in [0.15, 0.2) is 23.4 Å². The second-order valence-electron chi connectivity index (χ2n) is 8.09. The van der Waals surface area contributed by atoms with Crippen LogP contribution in [0, 0.1) is 12.7 Å². The smallest absolute Gasteiger partial charge is 0.191 e. The fraction of sp³-hybridized carbons (Fsp3) is 0.583. The molecule has 4 N–H and O–H groups in total. The van der Waals surface area contributed by atoms with Gasteiger partial charge in [0.25, 0.3) is 0 Å². The van der Waals surface area contributed by atoms with E-state index in [1.54, 1.807) is 26.0 Å². The van der Waals surface area contributed by atoms with E-state index in [2.05, 4.69) is 25.6 Å². The zero-order valence-corrected chi connectivity index (χ0v) is 20.2. The Morgan fingerprint density at radius 3 is 2.94 bits per heavy atom. The lowest BCUT2D eigenvalue weighted by Crippen LogP contribution is -2.33. The Balaban J connectivity index is 1.66. The van der Waals surface area contributed by atoms with Crippen LogP contribution in [0.1, 0.15) is 61.5 Å². The van der Waals surface area contributed by atoms with Crippen molar-refractivity contribution < 1.29 is 36.8 Å². The van der Waals surface area contributed by atoms with E-state index in [0.29, 0.717) is 27.6 Å². The number of anilines is 1. The van der Waals surface area contributed by atoms with Crippen molar-refractivity contribution in [3.8, 4) is 0 Å². The van der Waals surface area contributed by atoms with Gasteiger partial charge >= 0.3 is 0 Å². The lowest BCUT2D eigenvalue weighted by molar-refractivity contribution is -0.0629. The summed E-state index contributed by atoms with van der Waals surface area (Å²) in [4.78, 5) is 8.52. The van der Waals surface area contributed by atoms with Crippen LogP contribution in [0.3, 0.4) is 0 Å². The lowest BCUT2D eigenvalue weighted by atomic mass is 10.1. The lowest BCUT2D eigenvalue weighted by Gasteiger charge is -2.17. The van der Waals surface area contributed by atoms with Gasteiger partial charge in [0.2, 0.25) is 0 Å². The van der Waals surface area contributed by atoms with Crippen molar-refractivity contribution in [3.63, 3.8) is 0 Å². The van der Waals surface area contributed by atoms with E-state index in [4.69, 9.17) is 17.1 Å². The monoisotopic (exact) mass is 527 g/mol. The number of ether oxygens (including phenoxy) is 1. The second-order valence-corrected chi connectivity index (χ2v) is 8.95. The number of hydrogen-bond acceptors (Lipinski definition) is 10. The number of aliphatic hydroxyl groups excluding tert-OH is 1.